The lowest BCUT2D eigenvalue weighted by molar-refractivity contribution is -0.123. The molecule has 2 aromatic carbocycles. The lowest BCUT2D eigenvalue weighted by Crippen LogP contribution is -2.46. The van der Waals surface area contributed by atoms with Crippen LogP contribution in [0.25, 0.3) is 10.2 Å². The summed E-state index contributed by atoms with van der Waals surface area (Å²) in [5.41, 5.74) is 4.20. The first-order chi connectivity index (χ1) is 13.6. The number of rotatable bonds is 7. The Morgan fingerprint density at radius 3 is 2.57 bits per heavy atom. The minimum absolute atomic E-state index is 0.269. The van der Waals surface area contributed by atoms with Gasteiger partial charge in [0.05, 0.1) is 10.2 Å². The highest BCUT2D eigenvalue weighted by Gasteiger charge is 2.21. The summed E-state index contributed by atoms with van der Waals surface area (Å²) in [6.07, 6.45) is 2.50. The smallest absolute Gasteiger partial charge is 0.262 e. The fraction of sp³-hybridized carbons (Fsp3) is 0.250. The zero-order chi connectivity index (χ0) is 19.9. The summed E-state index contributed by atoms with van der Waals surface area (Å²) in [5.74, 6) is 0.161. The van der Waals surface area contributed by atoms with Gasteiger partial charge in [0.25, 0.3) is 11.8 Å². The monoisotopic (exact) mass is 414 g/mol. The summed E-state index contributed by atoms with van der Waals surface area (Å²) in [7, 11) is 1.91. The van der Waals surface area contributed by atoms with E-state index in [-0.39, 0.29) is 11.8 Å². The molecule has 0 saturated carbocycles. The molecular formula is C20H22N4O2S2. The summed E-state index contributed by atoms with van der Waals surface area (Å²) in [6.45, 7) is 0. The van der Waals surface area contributed by atoms with Crippen LogP contribution in [0.4, 0.5) is 0 Å². The number of carbonyl (C=O) groups is 2. The van der Waals surface area contributed by atoms with Crippen LogP contribution in [0.1, 0.15) is 16.8 Å². The van der Waals surface area contributed by atoms with Crippen LogP contribution in [0, 0.1) is 0 Å². The summed E-state index contributed by atoms with van der Waals surface area (Å²) < 4.78 is 3.02. The van der Waals surface area contributed by atoms with Crippen molar-refractivity contribution < 1.29 is 9.59 Å². The first kappa shape index (κ1) is 20.2. The second-order valence-corrected chi connectivity index (χ2v) is 8.17. The number of aryl methyl sites for hydroxylation is 1. The van der Waals surface area contributed by atoms with Crippen molar-refractivity contribution in [2.45, 2.75) is 12.5 Å². The van der Waals surface area contributed by atoms with Gasteiger partial charge in [-0.05, 0) is 42.7 Å². The van der Waals surface area contributed by atoms with Gasteiger partial charge in [-0.15, -0.1) is 5.10 Å². The Morgan fingerprint density at radius 2 is 1.86 bits per heavy atom. The molecule has 0 bridgehead atoms. The van der Waals surface area contributed by atoms with Crippen molar-refractivity contribution in [2.75, 3.05) is 12.0 Å². The highest BCUT2D eigenvalue weighted by Crippen LogP contribution is 2.15. The van der Waals surface area contributed by atoms with Gasteiger partial charge in [0.1, 0.15) is 6.04 Å². The van der Waals surface area contributed by atoms with Crippen LogP contribution in [0.15, 0.2) is 59.7 Å². The molecule has 0 radical (unpaired) electrons. The Balaban J connectivity index is 1.75. The molecule has 2 N–H and O–H groups in total. The van der Waals surface area contributed by atoms with E-state index in [1.165, 1.54) is 11.3 Å². The maximum absolute atomic E-state index is 12.7. The third-order valence-electron chi connectivity index (χ3n) is 4.24. The number of aromatic nitrogens is 1. The molecule has 8 heteroatoms. The van der Waals surface area contributed by atoms with Crippen molar-refractivity contribution in [1.82, 2.24) is 15.3 Å². The number of para-hydroxylation sites is 1. The first-order valence-electron chi connectivity index (χ1n) is 8.83. The van der Waals surface area contributed by atoms with Gasteiger partial charge in [0.15, 0.2) is 0 Å². The van der Waals surface area contributed by atoms with Crippen molar-refractivity contribution in [3.63, 3.8) is 0 Å². The van der Waals surface area contributed by atoms with Gasteiger partial charge in [-0.3, -0.25) is 9.59 Å². The van der Waals surface area contributed by atoms with Crippen LogP contribution in [0.5, 0.6) is 0 Å². The van der Waals surface area contributed by atoms with E-state index in [9.17, 15) is 9.59 Å². The van der Waals surface area contributed by atoms with Gasteiger partial charge < -0.3 is 9.88 Å². The van der Waals surface area contributed by atoms with Crippen LogP contribution in [0.3, 0.4) is 0 Å². The molecular weight excluding hydrogens is 392 g/mol. The second-order valence-electron chi connectivity index (χ2n) is 6.17. The van der Waals surface area contributed by atoms with Gasteiger partial charge in [0.2, 0.25) is 4.80 Å². The maximum atomic E-state index is 12.7. The normalized spacial score (nSPS) is 12.7. The van der Waals surface area contributed by atoms with Crippen molar-refractivity contribution in [1.29, 1.82) is 0 Å². The van der Waals surface area contributed by atoms with E-state index in [1.807, 2.05) is 48.2 Å². The van der Waals surface area contributed by atoms with Crippen molar-refractivity contribution in [3.8, 4) is 0 Å². The molecule has 3 rings (SSSR count). The lowest BCUT2D eigenvalue weighted by atomic mass is 10.1. The minimum Gasteiger partial charge on any atom is -0.340 e. The van der Waals surface area contributed by atoms with E-state index in [0.717, 1.165) is 16.0 Å². The molecule has 1 aromatic heterocycles. The number of hydrogen-bond acceptors (Lipinski definition) is 5. The number of thioether (sulfide) groups is 1. The highest BCUT2D eigenvalue weighted by atomic mass is 32.2. The average molecular weight is 415 g/mol. The van der Waals surface area contributed by atoms with Gasteiger partial charge in [0, 0.05) is 12.6 Å². The van der Waals surface area contributed by atoms with Crippen LogP contribution >= 0.6 is 23.1 Å². The number of carbonyl (C=O) groups excluding carboxylic acids is 2. The number of amides is 2. The highest BCUT2D eigenvalue weighted by molar-refractivity contribution is 7.98. The second kappa shape index (κ2) is 9.57. The number of benzene rings is 2. The predicted octanol–water partition coefficient (Wildman–Crippen LogP) is 2.72. The minimum atomic E-state index is -0.649. The maximum Gasteiger partial charge on any atom is 0.262 e. The number of hydrogen-bond donors (Lipinski definition) is 2. The molecule has 0 aliphatic heterocycles. The van der Waals surface area contributed by atoms with Crippen LogP contribution in [0.2, 0.25) is 0 Å². The number of thiazole rings is 1. The number of nitrogens with one attached hydrogen (secondary N) is 2. The first-order valence-corrected chi connectivity index (χ1v) is 11.0. The van der Waals surface area contributed by atoms with Gasteiger partial charge >= 0.3 is 0 Å². The van der Waals surface area contributed by atoms with E-state index in [0.29, 0.717) is 16.8 Å². The molecule has 3 aromatic rings. The topological polar surface area (TPSA) is 75.5 Å². The Bertz CT molecular complexity index is 1030. The van der Waals surface area contributed by atoms with Crippen molar-refractivity contribution in [3.05, 3.63) is 65.0 Å². The van der Waals surface area contributed by atoms with Crippen LogP contribution in [-0.4, -0.2) is 34.4 Å². The Morgan fingerprint density at radius 1 is 1.14 bits per heavy atom. The zero-order valence-corrected chi connectivity index (χ0v) is 17.3. The largest absolute Gasteiger partial charge is 0.340 e. The molecule has 1 unspecified atom stereocenters. The predicted molar refractivity (Wildman–Crippen MR) is 115 cm³/mol. The fourth-order valence-corrected chi connectivity index (χ4v) is 4.16. The van der Waals surface area contributed by atoms with Crippen molar-refractivity contribution >= 4 is 45.1 Å². The molecule has 28 heavy (non-hydrogen) atoms. The Kier molecular flexibility index (Phi) is 6.89. The number of nitrogens with zero attached hydrogens (tertiary/aromatic N) is 2. The molecule has 2 amide bonds. The molecule has 6 nitrogen and oxygen atoms in total. The molecule has 0 aliphatic rings. The molecule has 0 saturated heterocycles. The molecule has 0 spiro atoms. The Hall–Kier alpha value is -2.58. The van der Waals surface area contributed by atoms with E-state index >= 15 is 0 Å². The fourth-order valence-electron chi connectivity index (χ4n) is 2.70. The molecule has 0 fully saturated rings. The van der Waals surface area contributed by atoms with E-state index in [2.05, 4.69) is 15.8 Å². The quantitative estimate of drug-likeness (QED) is 0.584. The SMILES string of the molecule is CSCCC(NC(=O)c1ccccc1)C(=O)N/N=c1\sc2ccccc2n1C. The third kappa shape index (κ3) is 4.82. The van der Waals surface area contributed by atoms with Crippen molar-refractivity contribution in [2.24, 2.45) is 12.1 Å². The summed E-state index contributed by atoms with van der Waals surface area (Å²) in [5, 5.41) is 7.09. The van der Waals surface area contributed by atoms with Crippen LogP contribution in [-0.2, 0) is 11.8 Å². The Labute approximate surface area is 171 Å². The van der Waals surface area contributed by atoms with E-state index in [1.54, 1.807) is 36.0 Å². The van der Waals surface area contributed by atoms with E-state index in [4.69, 9.17) is 0 Å². The molecule has 1 atom stereocenters. The third-order valence-corrected chi connectivity index (χ3v) is 6.00. The summed E-state index contributed by atoms with van der Waals surface area (Å²) in [4.78, 5) is 25.8. The molecule has 0 aliphatic carbocycles. The summed E-state index contributed by atoms with van der Waals surface area (Å²) >= 11 is 3.12. The van der Waals surface area contributed by atoms with Crippen LogP contribution < -0.4 is 15.5 Å². The lowest BCUT2D eigenvalue weighted by Gasteiger charge is -2.16. The average Bonchev–Trinajstić information content (AvgIpc) is 3.05. The van der Waals surface area contributed by atoms with Gasteiger partial charge in [-0.1, -0.05) is 41.7 Å². The zero-order valence-electron chi connectivity index (χ0n) is 15.7. The molecule has 1 heterocycles. The number of fused-ring (bicyclic) bond motifs is 1. The molecule has 146 valence electrons. The standard InChI is InChI=1S/C20H22N4O2S2/c1-24-16-10-6-7-11-17(16)28-20(24)23-22-19(26)15(12-13-27-2)21-18(25)14-8-4-3-5-9-14/h3-11,15H,12-13H2,1-2H3,(H,21,25)(H,22,26)/b23-20-. The van der Waals surface area contributed by atoms with E-state index < -0.39 is 6.04 Å². The van der Waals surface area contributed by atoms with Gasteiger partial charge in [-0.25, -0.2) is 5.43 Å². The summed E-state index contributed by atoms with van der Waals surface area (Å²) in [6, 6.07) is 16.2. The van der Waals surface area contributed by atoms with Gasteiger partial charge in [-0.2, -0.15) is 11.8 Å².